The average Bonchev–Trinajstić information content (AvgIpc) is 2.33. The molecule has 1 radical (unpaired) electrons. The second-order valence-electron chi connectivity index (χ2n) is 7.88. The molecule has 1 unspecified atom stereocenters. The minimum atomic E-state index is -3.30. The van der Waals surface area contributed by atoms with Crippen molar-refractivity contribution in [3.63, 3.8) is 0 Å². The molecule has 10 heteroatoms. The van der Waals surface area contributed by atoms with E-state index in [9.17, 15) is 4.80 Å². The lowest BCUT2D eigenvalue weighted by Gasteiger charge is -2.34. The average molecular weight is 398 g/mol. The van der Waals surface area contributed by atoms with Gasteiger partial charge in [0.1, 0.15) is 0 Å². The fourth-order valence-electron chi connectivity index (χ4n) is 2.28. The molecule has 0 aromatic carbocycles. The van der Waals surface area contributed by atoms with Gasteiger partial charge in [0.25, 0.3) is 0 Å². The van der Waals surface area contributed by atoms with Gasteiger partial charge in [-0.3, -0.25) is 4.58 Å². The van der Waals surface area contributed by atoms with E-state index in [1.165, 1.54) is 0 Å². The second kappa shape index (κ2) is 10.6. The molecular weight excluding hydrogens is 360 g/mol. The van der Waals surface area contributed by atoms with Gasteiger partial charge < -0.3 is 20.0 Å². The van der Waals surface area contributed by atoms with Crippen molar-refractivity contribution < 1.29 is 18.1 Å². The standard InChI is InChI=1S/C13H37N2O4Si4/c1-20(2)13-22(6,7)19-23(16,18-17-21(3,4)5)12-8-10-15-11-9-14/h15-16H,8-14H2,1-7H3. The van der Waals surface area contributed by atoms with Crippen LogP contribution in [0, 0.1) is 0 Å². The van der Waals surface area contributed by atoms with Crippen LogP contribution in [0.4, 0.5) is 0 Å². The smallest absolute Gasteiger partial charge is 0.415 e. The number of nitrogens with one attached hydrogen (secondary N) is 1. The zero-order chi connectivity index (χ0) is 18.1. The Morgan fingerprint density at radius 1 is 1.04 bits per heavy atom. The Morgan fingerprint density at radius 3 is 2.13 bits per heavy atom. The number of rotatable bonds is 13. The highest BCUT2D eigenvalue weighted by Crippen LogP contribution is 2.24. The summed E-state index contributed by atoms with van der Waals surface area (Å²) < 4.78 is 17.3. The Bertz CT molecular complexity index is 330. The fraction of sp³-hybridized carbons (Fsp3) is 1.00. The molecule has 1 atom stereocenters. The molecular formula is C13H37N2O4Si4. The Morgan fingerprint density at radius 2 is 1.65 bits per heavy atom. The van der Waals surface area contributed by atoms with Gasteiger partial charge in [-0.05, 0) is 51.4 Å². The van der Waals surface area contributed by atoms with Gasteiger partial charge in [0.05, 0.1) is 0 Å². The summed E-state index contributed by atoms with van der Waals surface area (Å²) in [6.07, 6.45) is 0.790. The van der Waals surface area contributed by atoms with Gasteiger partial charge in [-0.1, -0.05) is 13.1 Å². The van der Waals surface area contributed by atoms with Crippen molar-refractivity contribution in [2.24, 2.45) is 5.73 Å². The Hall–Kier alpha value is 0.628. The molecule has 0 aliphatic heterocycles. The summed E-state index contributed by atoms with van der Waals surface area (Å²) in [6.45, 7) is 17.2. The topological polar surface area (TPSA) is 86.0 Å². The molecule has 0 fully saturated rings. The van der Waals surface area contributed by atoms with Gasteiger partial charge in [0.15, 0.2) is 8.32 Å². The first-order valence-electron chi connectivity index (χ1n) is 8.38. The molecule has 0 aliphatic rings. The van der Waals surface area contributed by atoms with Crippen LogP contribution >= 0.6 is 0 Å². The normalized spacial score (nSPS) is 15.9. The van der Waals surface area contributed by atoms with E-state index in [0.29, 0.717) is 12.6 Å². The first-order valence-corrected chi connectivity index (χ1v) is 19.6. The predicted molar refractivity (Wildman–Crippen MR) is 106 cm³/mol. The summed E-state index contributed by atoms with van der Waals surface area (Å²) in [5.41, 5.74) is 6.55. The van der Waals surface area contributed by atoms with Crippen molar-refractivity contribution in [3.05, 3.63) is 0 Å². The van der Waals surface area contributed by atoms with Crippen LogP contribution in [0.1, 0.15) is 6.42 Å². The van der Waals surface area contributed by atoms with Crippen molar-refractivity contribution in [3.8, 4) is 0 Å². The van der Waals surface area contributed by atoms with Gasteiger partial charge in [0.2, 0.25) is 8.32 Å². The van der Waals surface area contributed by atoms with E-state index in [4.69, 9.17) is 19.0 Å². The molecule has 0 heterocycles. The Kier molecular flexibility index (Phi) is 10.9. The van der Waals surface area contributed by atoms with Crippen molar-refractivity contribution in [2.75, 3.05) is 19.6 Å². The van der Waals surface area contributed by atoms with E-state index >= 15 is 0 Å². The van der Waals surface area contributed by atoms with Crippen LogP contribution in [-0.4, -0.2) is 58.7 Å². The van der Waals surface area contributed by atoms with Crippen LogP contribution in [0.2, 0.25) is 57.5 Å². The van der Waals surface area contributed by atoms with E-state index in [-0.39, 0.29) is 0 Å². The minimum absolute atomic E-state index is 0.404. The molecule has 0 aromatic rings. The van der Waals surface area contributed by atoms with E-state index in [2.05, 4.69) is 31.5 Å². The van der Waals surface area contributed by atoms with E-state index in [0.717, 1.165) is 25.2 Å². The van der Waals surface area contributed by atoms with E-state index in [1.807, 2.05) is 19.6 Å². The zero-order valence-corrected chi connectivity index (χ0v) is 20.0. The molecule has 6 nitrogen and oxygen atoms in total. The van der Waals surface area contributed by atoms with Crippen LogP contribution in [0.3, 0.4) is 0 Å². The third kappa shape index (κ3) is 13.6. The number of hydrogen-bond acceptors (Lipinski definition) is 6. The molecule has 23 heavy (non-hydrogen) atoms. The highest BCUT2D eigenvalue weighted by molar-refractivity contribution is 6.88. The molecule has 0 aliphatic carbocycles. The lowest BCUT2D eigenvalue weighted by molar-refractivity contribution is -0.160. The fourth-order valence-corrected chi connectivity index (χ4v) is 16.3. The van der Waals surface area contributed by atoms with Crippen molar-refractivity contribution in [1.29, 1.82) is 0 Å². The maximum absolute atomic E-state index is 11.0. The predicted octanol–water partition coefficient (Wildman–Crippen LogP) is 2.15. The molecule has 4 N–H and O–H groups in total. The van der Waals surface area contributed by atoms with Crippen LogP contribution in [0.5, 0.6) is 0 Å². The van der Waals surface area contributed by atoms with E-state index < -0.39 is 34.2 Å². The molecule has 0 spiro atoms. The number of nitrogens with two attached hydrogens (primary N) is 1. The summed E-state index contributed by atoms with van der Waals surface area (Å²) in [7, 11) is -7.53. The SMILES string of the molecule is C[Si](C)C[Si](C)(C)O[Si](O)(CCCNCCN)OO[Si](C)(C)C. The summed E-state index contributed by atoms with van der Waals surface area (Å²) in [4.78, 5) is 11.0. The maximum atomic E-state index is 11.0. The summed E-state index contributed by atoms with van der Waals surface area (Å²) in [5.74, 6) is 0. The molecule has 139 valence electrons. The van der Waals surface area contributed by atoms with Gasteiger partial charge in [-0.15, -0.1) is 0 Å². The quantitative estimate of drug-likeness (QED) is 0.191. The van der Waals surface area contributed by atoms with Crippen molar-refractivity contribution >= 4 is 34.2 Å². The lowest BCUT2D eigenvalue weighted by Crippen LogP contribution is -2.53. The summed E-state index contributed by atoms with van der Waals surface area (Å²) in [5, 5.41) is 3.23. The highest BCUT2D eigenvalue weighted by atomic mass is 28.5. The second-order valence-corrected chi connectivity index (χ2v) is 22.5. The first-order chi connectivity index (χ1) is 10.4. The van der Waals surface area contributed by atoms with Gasteiger partial charge in [0, 0.05) is 27.9 Å². The molecule has 0 aromatic heterocycles. The molecule has 0 saturated heterocycles. The third-order valence-electron chi connectivity index (χ3n) is 2.80. The monoisotopic (exact) mass is 397 g/mol. The zero-order valence-electron chi connectivity index (χ0n) is 16.0. The summed E-state index contributed by atoms with van der Waals surface area (Å²) in [6, 6.07) is 0.515. The number of hydrogen-bond donors (Lipinski definition) is 3. The minimum Gasteiger partial charge on any atom is -0.415 e. The van der Waals surface area contributed by atoms with Crippen LogP contribution in [0.15, 0.2) is 0 Å². The Labute approximate surface area is 147 Å². The highest BCUT2D eigenvalue weighted by Gasteiger charge is 2.45. The van der Waals surface area contributed by atoms with Gasteiger partial charge in [-0.25, -0.2) is 4.58 Å². The summed E-state index contributed by atoms with van der Waals surface area (Å²) >= 11 is 0. The van der Waals surface area contributed by atoms with Gasteiger partial charge in [-0.2, -0.15) is 0 Å². The van der Waals surface area contributed by atoms with Gasteiger partial charge >= 0.3 is 8.80 Å². The molecule has 0 bridgehead atoms. The lowest BCUT2D eigenvalue weighted by atomic mass is 10.5. The molecule has 0 saturated carbocycles. The Balaban J connectivity index is 4.70. The third-order valence-corrected chi connectivity index (χ3v) is 14.6. The first kappa shape index (κ1) is 23.6. The largest absolute Gasteiger partial charge is 0.515 e. The van der Waals surface area contributed by atoms with Crippen LogP contribution in [0.25, 0.3) is 0 Å². The van der Waals surface area contributed by atoms with Crippen molar-refractivity contribution in [1.82, 2.24) is 5.32 Å². The van der Waals surface area contributed by atoms with Crippen LogP contribution in [-0.2, 0) is 13.3 Å². The van der Waals surface area contributed by atoms with Crippen LogP contribution < -0.4 is 11.1 Å². The molecule has 0 amide bonds. The molecule has 0 rings (SSSR count). The van der Waals surface area contributed by atoms with E-state index in [1.54, 1.807) is 0 Å². The maximum Gasteiger partial charge on any atom is 0.515 e. The van der Waals surface area contributed by atoms with Crippen molar-refractivity contribution in [2.45, 2.75) is 64.0 Å².